The highest BCUT2D eigenvalue weighted by atomic mass is 32.2. The summed E-state index contributed by atoms with van der Waals surface area (Å²) in [6, 6.07) is 14.4. The Kier molecular flexibility index (Phi) is 4.50. The first-order valence-electron chi connectivity index (χ1n) is 9.19. The summed E-state index contributed by atoms with van der Waals surface area (Å²) in [6.07, 6.45) is 0.672. The highest BCUT2D eigenvalue weighted by Gasteiger charge is 2.28. The second-order valence-electron chi connectivity index (χ2n) is 6.54. The average molecular weight is 395 g/mol. The Morgan fingerprint density at radius 3 is 2.39 bits per heavy atom. The van der Waals surface area contributed by atoms with Crippen LogP contribution in [0.3, 0.4) is 0 Å². The number of fused-ring (bicyclic) bond motifs is 3. The maximum absolute atomic E-state index is 13.4. The van der Waals surface area contributed by atoms with Gasteiger partial charge in [-0.05, 0) is 38.1 Å². The number of para-hydroxylation sites is 2. The summed E-state index contributed by atoms with van der Waals surface area (Å²) in [7, 11) is -3.79. The van der Waals surface area contributed by atoms with Crippen molar-refractivity contribution in [3.05, 3.63) is 59.9 Å². The van der Waals surface area contributed by atoms with Gasteiger partial charge in [0.25, 0.3) is 10.0 Å². The van der Waals surface area contributed by atoms with Crippen LogP contribution in [0.5, 0.6) is 0 Å². The highest BCUT2D eigenvalue weighted by Crippen LogP contribution is 2.29. The van der Waals surface area contributed by atoms with E-state index in [4.69, 9.17) is 0 Å². The van der Waals surface area contributed by atoms with E-state index < -0.39 is 10.0 Å². The standard InChI is InChI=1S/C20H21N5O2S/c1-4-18-22-23-20-19(21-16-8-6-7-9-17(16)25(18)20)24(5-2)28(26,27)15-12-10-14(3)11-13-15/h6-13H,4-5H2,1-3H3. The summed E-state index contributed by atoms with van der Waals surface area (Å²) in [5, 5.41) is 8.53. The van der Waals surface area contributed by atoms with Crippen molar-refractivity contribution >= 4 is 32.5 Å². The fraction of sp³-hybridized carbons (Fsp3) is 0.250. The Labute approximate surface area is 163 Å². The first kappa shape index (κ1) is 18.4. The molecular formula is C20H21N5O2S. The lowest BCUT2D eigenvalue weighted by Crippen LogP contribution is -2.32. The summed E-state index contributed by atoms with van der Waals surface area (Å²) in [6.45, 7) is 5.93. The molecule has 0 fully saturated rings. The molecule has 0 amide bonds. The van der Waals surface area contributed by atoms with Gasteiger partial charge in [0.15, 0.2) is 5.82 Å². The van der Waals surface area contributed by atoms with E-state index in [0.717, 1.165) is 16.9 Å². The lowest BCUT2D eigenvalue weighted by atomic mass is 10.2. The van der Waals surface area contributed by atoms with E-state index in [1.165, 1.54) is 4.31 Å². The van der Waals surface area contributed by atoms with E-state index in [2.05, 4.69) is 15.2 Å². The van der Waals surface area contributed by atoms with Crippen LogP contribution >= 0.6 is 0 Å². The van der Waals surface area contributed by atoms with Gasteiger partial charge in [0.1, 0.15) is 5.82 Å². The lowest BCUT2D eigenvalue weighted by Gasteiger charge is -2.22. The smallest absolute Gasteiger partial charge is 0.265 e. The molecule has 0 radical (unpaired) electrons. The number of anilines is 1. The van der Waals surface area contributed by atoms with Crippen molar-refractivity contribution in [2.75, 3.05) is 10.8 Å². The Morgan fingerprint density at radius 1 is 1.00 bits per heavy atom. The summed E-state index contributed by atoms with van der Waals surface area (Å²) >= 11 is 0. The van der Waals surface area contributed by atoms with E-state index >= 15 is 0 Å². The first-order valence-corrected chi connectivity index (χ1v) is 10.6. The first-order chi connectivity index (χ1) is 13.5. The van der Waals surface area contributed by atoms with Gasteiger partial charge in [-0.1, -0.05) is 36.8 Å². The maximum atomic E-state index is 13.4. The van der Waals surface area contributed by atoms with E-state index in [1.54, 1.807) is 31.2 Å². The predicted molar refractivity (Wildman–Crippen MR) is 109 cm³/mol. The van der Waals surface area contributed by atoms with Crippen LogP contribution in [-0.2, 0) is 16.4 Å². The molecule has 0 bridgehead atoms. The molecule has 8 heteroatoms. The average Bonchev–Trinajstić information content (AvgIpc) is 3.13. The third kappa shape index (κ3) is 2.80. The number of sulfonamides is 1. The molecule has 2 heterocycles. The Hall–Kier alpha value is -3.00. The van der Waals surface area contributed by atoms with E-state index in [9.17, 15) is 8.42 Å². The number of aryl methyl sites for hydroxylation is 2. The Balaban J connectivity index is 2.00. The molecule has 144 valence electrons. The number of rotatable bonds is 5. The van der Waals surface area contributed by atoms with Crippen molar-refractivity contribution in [2.24, 2.45) is 0 Å². The quantitative estimate of drug-likeness (QED) is 0.518. The largest absolute Gasteiger partial charge is 0.274 e. The molecule has 4 rings (SSSR count). The number of benzene rings is 2. The Morgan fingerprint density at radius 2 is 1.71 bits per heavy atom. The van der Waals surface area contributed by atoms with Gasteiger partial charge >= 0.3 is 0 Å². The van der Waals surface area contributed by atoms with Crippen molar-refractivity contribution in [3.63, 3.8) is 0 Å². The minimum Gasteiger partial charge on any atom is -0.274 e. The monoisotopic (exact) mass is 395 g/mol. The molecule has 0 aliphatic heterocycles. The molecule has 0 aliphatic carbocycles. The zero-order valence-corrected chi connectivity index (χ0v) is 16.8. The third-order valence-corrected chi connectivity index (χ3v) is 6.61. The van der Waals surface area contributed by atoms with Gasteiger partial charge in [0, 0.05) is 13.0 Å². The summed E-state index contributed by atoms with van der Waals surface area (Å²) in [5.74, 6) is 1.05. The zero-order valence-electron chi connectivity index (χ0n) is 16.0. The number of nitrogens with zero attached hydrogens (tertiary/aromatic N) is 5. The molecular weight excluding hydrogens is 374 g/mol. The van der Waals surface area contributed by atoms with Crippen LogP contribution in [0.25, 0.3) is 16.7 Å². The molecule has 0 saturated carbocycles. The van der Waals surface area contributed by atoms with Crippen molar-refractivity contribution in [1.29, 1.82) is 0 Å². The second-order valence-corrected chi connectivity index (χ2v) is 8.40. The summed E-state index contributed by atoms with van der Waals surface area (Å²) in [5.41, 5.74) is 2.98. The van der Waals surface area contributed by atoms with Crippen molar-refractivity contribution in [1.82, 2.24) is 19.6 Å². The van der Waals surface area contributed by atoms with Gasteiger partial charge in [0.2, 0.25) is 5.65 Å². The van der Waals surface area contributed by atoms with Crippen LogP contribution in [-0.4, -0.2) is 34.5 Å². The number of aromatic nitrogens is 4. The van der Waals surface area contributed by atoms with Crippen molar-refractivity contribution < 1.29 is 8.42 Å². The number of hydrogen-bond acceptors (Lipinski definition) is 5. The van der Waals surface area contributed by atoms with E-state index in [1.807, 2.05) is 42.5 Å². The lowest BCUT2D eigenvalue weighted by molar-refractivity contribution is 0.591. The fourth-order valence-electron chi connectivity index (χ4n) is 3.29. The molecule has 0 unspecified atom stereocenters. The van der Waals surface area contributed by atoms with Crippen LogP contribution in [0.2, 0.25) is 0 Å². The van der Waals surface area contributed by atoms with E-state index in [0.29, 0.717) is 17.6 Å². The molecule has 0 atom stereocenters. The molecule has 0 N–H and O–H groups in total. The third-order valence-electron chi connectivity index (χ3n) is 4.73. The van der Waals surface area contributed by atoms with Gasteiger partial charge in [-0.2, -0.15) is 0 Å². The SMILES string of the molecule is CCc1nnc2c(N(CC)S(=O)(=O)c3ccc(C)cc3)nc3ccccc3n12. The van der Waals surface area contributed by atoms with Gasteiger partial charge in [-0.15, -0.1) is 10.2 Å². The normalized spacial score (nSPS) is 12.0. The molecule has 7 nitrogen and oxygen atoms in total. The molecule has 0 spiro atoms. The second kappa shape index (κ2) is 6.87. The molecule has 0 aliphatic rings. The zero-order chi connectivity index (χ0) is 19.9. The Bertz CT molecular complexity index is 1260. The summed E-state index contributed by atoms with van der Waals surface area (Å²) < 4.78 is 29.9. The maximum Gasteiger partial charge on any atom is 0.265 e. The molecule has 4 aromatic rings. The van der Waals surface area contributed by atoms with E-state index in [-0.39, 0.29) is 17.3 Å². The van der Waals surface area contributed by atoms with Crippen molar-refractivity contribution in [2.45, 2.75) is 32.1 Å². The number of hydrogen-bond donors (Lipinski definition) is 0. The summed E-state index contributed by atoms with van der Waals surface area (Å²) in [4.78, 5) is 4.88. The van der Waals surface area contributed by atoms with Crippen LogP contribution in [0.1, 0.15) is 25.2 Å². The van der Waals surface area contributed by atoms with Gasteiger partial charge in [-0.3, -0.25) is 4.40 Å². The fourth-order valence-corrected chi connectivity index (χ4v) is 4.72. The minimum atomic E-state index is -3.79. The van der Waals surface area contributed by atoms with Crippen LogP contribution < -0.4 is 4.31 Å². The van der Waals surface area contributed by atoms with Gasteiger partial charge in [0.05, 0.1) is 15.9 Å². The molecule has 2 aromatic heterocycles. The molecule has 2 aromatic carbocycles. The highest BCUT2D eigenvalue weighted by molar-refractivity contribution is 7.92. The van der Waals surface area contributed by atoms with Crippen LogP contribution in [0, 0.1) is 6.92 Å². The molecule has 28 heavy (non-hydrogen) atoms. The minimum absolute atomic E-state index is 0.225. The van der Waals surface area contributed by atoms with Gasteiger partial charge in [-0.25, -0.2) is 17.7 Å². The van der Waals surface area contributed by atoms with Crippen LogP contribution in [0.4, 0.5) is 5.82 Å². The van der Waals surface area contributed by atoms with Crippen molar-refractivity contribution in [3.8, 4) is 0 Å². The molecule has 0 saturated heterocycles. The van der Waals surface area contributed by atoms with Gasteiger partial charge < -0.3 is 0 Å². The topological polar surface area (TPSA) is 80.5 Å². The predicted octanol–water partition coefficient (Wildman–Crippen LogP) is 3.36. The van der Waals surface area contributed by atoms with Crippen LogP contribution in [0.15, 0.2) is 53.4 Å².